The summed E-state index contributed by atoms with van der Waals surface area (Å²) >= 11 is 0. The van der Waals surface area contributed by atoms with Gasteiger partial charge >= 0.3 is 0 Å². The van der Waals surface area contributed by atoms with Gasteiger partial charge in [0.2, 0.25) is 10.0 Å². The Hall–Kier alpha value is -3.78. The minimum Gasteiger partial charge on any atom is -0.429 e. The summed E-state index contributed by atoms with van der Waals surface area (Å²) in [5.74, 6) is 6.54. The highest BCUT2D eigenvalue weighted by molar-refractivity contribution is 7.89. The molecule has 0 saturated carbocycles. The van der Waals surface area contributed by atoms with Crippen LogP contribution >= 0.6 is 0 Å². The van der Waals surface area contributed by atoms with Crippen LogP contribution in [0.1, 0.15) is 29.9 Å². The predicted molar refractivity (Wildman–Crippen MR) is 146 cm³/mol. The highest BCUT2D eigenvalue weighted by Gasteiger charge is 2.31. The van der Waals surface area contributed by atoms with Crippen LogP contribution in [0.3, 0.4) is 0 Å². The summed E-state index contributed by atoms with van der Waals surface area (Å²) in [6.07, 6.45) is 1.14. The average molecular weight is 545 g/mol. The maximum absolute atomic E-state index is 11.6. The summed E-state index contributed by atoms with van der Waals surface area (Å²) in [5, 5.41) is 16.2. The molecule has 0 atom stereocenters. The van der Waals surface area contributed by atoms with Crippen LogP contribution in [-0.2, 0) is 31.7 Å². The Kier molecular flexibility index (Phi) is 7.93. The van der Waals surface area contributed by atoms with Crippen molar-refractivity contribution in [1.29, 1.82) is 0 Å². The van der Waals surface area contributed by atoms with E-state index in [0.29, 0.717) is 49.7 Å². The van der Waals surface area contributed by atoms with Gasteiger partial charge in [-0.2, -0.15) is 0 Å². The molecular weight excluding hydrogens is 516 g/mol. The third-order valence-corrected chi connectivity index (χ3v) is 7.47. The molecular formula is C30H28N2O6S. The Balaban J connectivity index is 1.30. The first kappa shape index (κ1) is 26.8. The van der Waals surface area contributed by atoms with Crippen molar-refractivity contribution in [2.45, 2.75) is 29.9 Å². The lowest BCUT2D eigenvalue weighted by molar-refractivity contribution is -0.0680. The second-order valence-electron chi connectivity index (χ2n) is 9.27. The fourth-order valence-corrected chi connectivity index (χ4v) is 4.95. The van der Waals surface area contributed by atoms with Crippen molar-refractivity contribution in [1.82, 2.24) is 4.98 Å². The van der Waals surface area contributed by atoms with Crippen LogP contribution in [0.4, 0.5) is 0 Å². The molecule has 5 rings (SSSR count). The molecule has 0 bridgehead atoms. The number of sulfonamides is 1. The van der Waals surface area contributed by atoms with E-state index in [1.54, 1.807) is 12.1 Å². The molecule has 200 valence electrons. The molecule has 1 aliphatic rings. The number of benzene rings is 3. The number of ether oxygens (including phenoxy) is 2. The van der Waals surface area contributed by atoms with E-state index < -0.39 is 15.6 Å². The van der Waals surface area contributed by atoms with Crippen molar-refractivity contribution in [3.63, 3.8) is 0 Å². The third kappa shape index (κ3) is 6.45. The zero-order chi connectivity index (χ0) is 27.3. The zero-order valence-corrected chi connectivity index (χ0v) is 22.0. The number of rotatable bonds is 7. The lowest BCUT2D eigenvalue weighted by atomic mass is 9.86. The lowest BCUT2D eigenvalue weighted by Crippen LogP contribution is -2.33. The van der Waals surface area contributed by atoms with Gasteiger partial charge < -0.3 is 19.0 Å². The van der Waals surface area contributed by atoms with Gasteiger partial charge in [-0.05, 0) is 41.3 Å². The molecule has 2 heterocycles. The molecule has 0 unspecified atom stereocenters. The van der Waals surface area contributed by atoms with Gasteiger partial charge in [0, 0.05) is 37.2 Å². The third-order valence-electron chi connectivity index (χ3n) is 6.54. The summed E-state index contributed by atoms with van der Waals surface area (Å²) < 4.78 is 40.4. The van der Waals surface area contributed by atoms with E-state index in [1.807, 2.05) is 54.6 Å². The highest BCUT2D eigenvalue weighted by Crippen LogP contribution is 2.34. The van der Waals surface area contributed by atoms with Crippen LogP contribution in [0.2, 0.25) is 0 Å². The fraction of sp³-hybridized carbons (Fsp3) is 0.233. The minimum atomic E-state index is -3.81. The van der Waals surface area contributed by atoms with Crippen LogP contribution in [0.15, 0.2) is 88.2 Å². The number of hydrogen-bond acceptors (Lipinski definition) is 7. The largest absolute Gasteiger partial charge is 0.429 e. The molecule has 0 aliphatic carbocycles. The fourth-order valence-electron chi connectivity index (χ4n) is 4.44. The van der Waals surface area contributed by atoms with Crippen molar-refractivity contribution < 1.29 is 27.4 Å². The maximum atomic E-state index is 11.6. The first-order valence-corrected chi connectivity index (χ1v) is 14.0. The Labute approximate surface area is 227 Å². The minimum absolute atomic E-state index is 0.0108. The van der Waals surface area contributed by atoms with Gasteiger partial charge in [0.05, 0.1) is 17.1 Å². The number of hydrogen-bond donors (Lipinski definition) is 2. The molecule has 0 amide bonds. The smallest absolute Gasteiger partial charge is 0.274 e. The van der Waals surface area contributed by atoms with E-state index in [4.69, 9.17) is 19.0 Å². The highest BCUT2D eigenvalue weighted by atomic mass is 32.2. The van der Waals surface area contributed by atoms with E-state index >= 15 is 0 Å². The second-order valence-corrected chi connectivity index (χ2v) is 10.8. The first-order valence-electron chi connectivity index (χ1n) is 12.5. The quantitative estimate of drug-likeness (QED) is 0.264. The molecule has 3 N–H and O–H groups in total. The van der Waals surface area contributed by atoms with Crippen molar-refractivity contribution in [3.8, 4) is 34.4 Å². The van der Waals surface area contributed by atoms with Crippen LogP contribution in [-0.4, -0.2) is 38.3 Å². The van der Waals surface area contributed by atoms with Gasteiger partial charge in [-0.25, -0.2) is 18.5 Å². The molecule has 0 radical (unpaired) electrons. The number of primary sulfonamides is 1. The summed E-state index contributed by atoms with van der Waals surface area (Å²) in [6, 6.07) is 23.4. The van der Waals surface area contributed by atoms with E-state index in [1.165, 1.54) is 12.1 Å². The van der Waals surface area contributed by atoms with Gasteiger partial charge in [0.1, 0.15) is 12.3 Å². The molecule has 1 fully saturated rings. The van der Waals surface area contributed by atoms with Crippen LogP contribution < -0.4 is 5.14 Å². The summed E-state index contributed by atoms with van der Waals surface area (Å²) in [4.78, 5) is 4.59. The van der Waals surface area contributed by atoms with Crippen molar-refractivity contribution in [3.05, 3.63) is 95.9 Å². The Morgan fingerprint density at radius 1 is 0.974 bits per heavy atom. The summed E-state index contributed by atoms with van der Waals surface area (Å²) in [6.45, 7) is 1.59. The molecule has 1 aliphatic heterocycles. The molecule has 8 nitrogen and oxygen atoms in total. The maximum Gasteiger partial charge on any atom is 0.274 e. The second kappa shape index (κ2) is 11.5. The number of nitrogens with two attached hydrogens (primary N) is 1. The number of aliphatic hydroxyl groups is 1. The Morgan fingerprint density at radius 3 is 2.44 bits per heavy atom. The molecule has 3 aromatic carbocycles. The topological polar surface area (TPSA) is 125 Å². The van der Waals surface area contributed by atoms with Crippen molar-refractivity contribution >= 4 is 10.0 Å². The van der Waals surface area contributed by atoms with Gasteiger partial charge in [-0.1, -0.05) is 60.5 Å². The van der Waals surface area contributed by atoms with Gasteiger partial charge in [0.15, 0.2) is 5.76 Å². The van der Waals surface area contributed by atoms with Crippen molar-refractivity contribution in [2.75, 3.05) is 19.8 Å². The van der Waals surface area contributed by atoms with Crippen LogP contribution in [0.5, 0.6) is 0 Å². The monoisotopic (exact) mass is 544 g/mol. The molecule has 0 spiro atoms. The van der Waals surface area contributed by atoms with Gasteiger partial charge in [-0.15, -0.1) is 0 Å². The molecule has 1 saturated heterocycles. The molecule has 9 heteroatoms. The molecule has 4 aromatic rings. The number of nitrogens with zero attached hydrogens (tertiary/aromatic N) is 1. The molecule has 1 aromatic heterocycles. The predicted octanol–water partition coefficient (Wildman–Crippen LogP) is 4.22. The van der Waals surface area contributed by atoms with Crippen LogP contribution in [0, 0.1) is 11.8 Å². The van der Waals surface area contributed by atoms with E-state index in [0.717, 1.165) is 16.7 Å². The average Bonchev–Trinajstić information content (AvgIpc) is 3.38. The number of aromatic nitrogens is 1. The van der Waals surface area contributed by atoms with E-state index in [2.05, 4.69) is 16.8 Å². The zero-order valence-electron chi connectivity index (χ0n) is 21.2. The summed E-state index contributed by atoms with van der Waals surface area (Å²) in [5.41, 5.74) is 3.02. The van der Waals surface area contributed by atoms with E-state index in [-0.39, 0.29) is 17.4 Å². The Morgan fingerprint density at radius 2 is 1.72 bits per heavy atom. The van der Waals surface area contributed by atoms with E-state index in [9.17, 15) is 13.5 Å². The summed E-state index contributed by atoms with van der Waals surface area (Å²) in [7, 11) is -3.81. The normalized spacial score (nSPS) is 14.9. The number of oxazole rings is 1. The lowest BCUT2D eigenvalue weighted by Gasteiger charge is -2.32. The standard InChI is InChI=1S/C30H28N2O6S/c31-39(34,35)26-13-11-24(12-14-26)29-28(23-7-2-1-3-8-23)32-27(38-29)10-5-17-37-21-22-6-4-9-25(20-22)30(33)15-18-36-19-16-30/h1-4,6-9,11-14,20,33H,15-19,21H2,(H2,31,34,35). The van der Waals surface area contributed by atoms with Crippen molar-refractivity contribution in [2.24, 2.45) is 5.14 Å². The van der Waals surface area contributed by atoms with Gasteiger partial charge in [0.25, 0.3) is 5.89 Å². The first-order chi connectivity index (χ1) is 18.8. The Bertz CT molecular complexity index is 1600. The van der Waals surface area contributed by atoms with Gasteiger partial charge in [-0.3, -0.25) is 0 Å². The van der Waals surface area contributed by atoms with Crippen LogP contribution in [0.25, 0.3) is 22.6 Å². The SMILES string of the molecule is NS(=O)(=O)c1ccc(-c2oc(C#CCOCc3cccc(C4(O)CCOCC4)c3)nc2-c2ccccc2)cc1. The molecule has 39 heavy (non-hydrogen) atoms.